The molecule has 3 rings (SSSR count). The Kier molecular flexibility index (Phi) is 5.70. The summed E-state index contributed by atoms with van der Waals surface area (Å²) in [5.41, 5.74) is -0.376. The van der Waals surface area contributed by atoms with E-state index in [1.807, 2.05) is 0 Å². The van der Waals surface area contributed by atoms with Crippen molar-refractivity contribution < 1.29 is 25.0 Å². The Morgan fingerprint density at radius 1 is 1.32 bits per heavy atom. The van der Waals surface area contributed by atoms with Crippen LogP contribution in [0.15, 0.2) is 41.3 Å². The smallest absolute Gasteiger partial charge is 0.351 e. The van der Waals surface area contributed by atoms with E-state index in [1.165, 1.54) is 18.3 Å². The summed E-state index contributed by atoms with van der Waals surface area (Å²) < 4.78 is 6.32. The summed E-state index contributed by atoms with van der Waals surface area (Å²) in [4.78, 5) is 26.9. The van der Waals surface area contributed by atoms with Gasteiger partial charge in [-0.1, -0.05) is 18.2 Å². The molecule has 1 saturated heterocycles. The molecule has 0 spiro atoms. The zero-order valence-electron chi connectivity index (χ0n) is 14.9. The minimum Gasteiger partial charge on any atom is -0.394 e. The Balaban J connectivity index is 1.80. The van der Waals surface area contributed by atoms with Gasteiger partial charge in [0.1, 0.15) is 24.1 Å². The Labute approximate surface area is 159 Å². The highest BCUT2D eigenvalue weighted by atomic mass is 16.6. The normalized spacial score (nSPS) is 25.4. The van der Waals surface area contributed by atoms with E-state index in [2.05, 4.69) is 10.3 Å². The van der Waals surface area contributed by atoms with Crippen LogP contribution in [-0.2, 0) is 4.74 Å². The first-order valence-electron chi connectivity index (χ1n) is 8.55. The molecule has 0 saturated carbocycles. The van der Waals surface area contributed by atoms with Gasteiger partial charge in [-0.15, -0.1) is 0 Å². The number of anilines is 1. The predicted octanol–water partition coefficient (Wildman–Crippen LogP) is -0.0639. The van der Waals surface area contributed by atoms with Crippen molar-refractivity contribution in [1.82, 2.24) is 9.55 Å². The van der Waals surface area contributed by atoms with Gasteiger partial charge in [0.25, 0.3) is 5.69 Å². The van der Waals surface area contributed by atoms with Gasteiger partial charge in [-0.05, 0) is 13.0 Å². The molecular weight excluding hydrogens is 372 g/mol. The van der Waals surface area contributed by atoms with Gasteiger partial charge in [-0.3, -0.25) is 14.7 Å². The number of aliphatic hydroxyl groups is 3. The summed E-state index contributed by atoms with van der Waals surface area (Å²) in [7, 11) is 0. The molecule has 0 bridgehead atoms. The molecule has 1 fully saturated rings. The van der Waals surface area contributed by atoms with Crippen molar-refractivity contribution in [2.24, 2.45) is 0 Å². The fourth-order valence-electron chi connectivity index (χ4n) is 3.12. The minimum absolute atomic E-state index is 0.0534. The lowest BCUT2D eigenvalue weighted by Crippen LogP contribution is -2.36. The highest BCUT2D eigenvalue weighted by molar-refractivity contribution is 5.46. The first kappa shape index (κ1) is 19.9. The Morgan fingerprint density at radius 3 is 2.64 bits per heavy atom. The number of rotatable bonds is 6. The molecule has 150 valence electrons. The first-order valence-corrected chi connectivity index (χ1v) is 8.55. The van der Waals surface area contributed by atoms with Crippen molar-refractivity contribution in [2.75, 3.05) is 11.9 Å². The van der Waals surface area contributed by atoms with Gasteiger partial charge in [-0.25, -0.2) is 4.79 Å². The van der Waals surface area contributed by atoms with E-state index in [0.717, 1.165) is 4.57 Å². The Bertz CT molecular complexity index is 918. The molecule has 1 aliphatic heterocycles. The predicted molar refractivity (Wildman–Crippen MR) is 96.6 cm³/mol. The second kappa shape index (κ2) is 8.02. The number of aromatic nitrogens is 2. The van der Waals surface area contributed by atoms with Crippen LogP contribution in [0.3, 0.4) is 0 Å². The molecule has 5 atom stereocenters. The monoisotopic (exact) mass is 392 g/mol. The SMILES string of the molecule is C[C@H](Nc1ccn([C@@H]2O[C@H](CO)[C@@H](O)[C@H]2O)c(=O)n1)c1ccccc1[N+](=O)[O-]. The average molecular weight is 392 g/mol. The number of para-hydroxylation sites is 1. The highest BCUT2D eigenvalue weighted by Gasteiger charge is 2.43. The van der Waals surface area contributed by atoms with Gasteiger partial charge in [0.05, 0.1) is 23.1 Å². The molecule has 28 heavy (non-hydrogen) atoms. The number of nitro benzene ring substituents is 1. The number of aliphatic hydroxyl groups excluding tert-OH is 3. The summed E-state index contributed by atoms with van der Waals surface area (Å²) in [5, 5.41) is 43.1. The van der Waals surface area contributed by atoms with Crippen LogP contribution in [-0.4, -0.2) is 54.7 Å². The highest BCUT2D eigenvalue weighted by Crippen LogP contribution is 2.29. The third kappa shape index (κ3) is 3.73. The molecule has 2 heterocycles. The molecule has 0 unspecified atom stereocenters. The van der Waals surface area contributed by atoms with Gasteiger partial charge in [0.15, 0.2) is 6.23 Å². The number of nitrogens with zero attached hydrogens (tertiary/aromatic N) is 3. The van der Waals surface area contributed by atoms with Gasteiger partial charge >= 0.3 is 5.69 Å². The van der Waals surface area contributed by atoms with E-state index < -0.39 is 47.8 Å². The van der Waals surface area contributed by atoms with E-state index in [-0.39, 0.29) is 11.5 Å². The summed E-state index contributed by atoms with van der Waals surface area (Å²) in [6.45, 7) is 1.19. The first-order chi connectivity index (χ1) is 13.3. The Morgan fingerprint density at radius 2 is 2.04 bits per heavy atom. The maximum Gasteiger partial charge on any atom is 0.351 e. The second-order valence-corrected chi connectivity index (χ2v) is 6.41. The lowest BCUT2D eigenvalue weighted by atomic mass is 10.1. The number of hydrogen-bond acceptors (Lipinski definition) is 9. The molecule has 0 aliphatic carbocycles. The van der Waals surface area contributed by atoms with Crippen molar-refractivity contribution in [2.45, 2.75) is 37.5 Å². The third-order valence-electron chi connectivity index (χ3n) is 4.59. The fourth-order valence-corrected chi connectivity index (χ4v) is 3.12. The summed E-state index contributed by atoms with van der Waals surface area (Å²) in [6, 6.07) is 7.18. The van der Waals surface area contributed by atoms with Crippen LogP contribution in [0.25, 0.3) is 0 Å². The van der Waals surface area contributed by atoms with Crippen molar-refractivity contribution in [1.29, 1.82) is 0 Å². The number of nitro groups is 1. The lowest BCUT2D eigenvalue weighted by Gasteiger charge is -2.19. The topological polar surface area (TPSA) is 160 Å². The number of ether oxygens (including phenoxy) is 1. The molecule has 0 amide bonds. The molecule has 11 heteroatoms. The van der Waals surface area contributed by atoms with Crippen LogP contribution in [0.1, 0.15) is 24.8 Å². The van der Waals surface area contributed by atoms with E-state index >= 15 is 0 Å². The molecule has 1 aromatic carbocycles. The van der Waals surface area contributed by atoms with Crippen LogP contribution >= 0.6 is 0 Å². The molecule has 11 nitrogen and oxygen atoms in total. The van der Waals surface area contributed by atoms with E-state index in [4.69, 9.17) is 9.84 Å². The van der Waals surface area contributed by atoms with Crippen LogP contribution in [0.2, 0.25) is 0 Å². The van der Waals surface area contributed by atoms with E-state index in [9.17, 15) is 25.1 Å². The second-order valence-electron chi connectivity index (χ2n) is 6.41. The van der Waals surface area contributed by atoms with Crippen molar-refractivity contribution in [3.63, 3.8) is 0 Å². The van der Waals surface area contributed by atoms with Crippen molar-refractivity contribution >= 4 is 11.5 Å². The van der Waals surface area contributed by atoms with Gasteiger partial charge in [0, 0.05) is 12.3 Å². The summed E-state index contributed by atoms with van der Waals surface area (Å²) >= 11 is 0. The van der Waals surface area contributed by atoms with Crippen LogP contribution < -0.4 is 11.0 Å². The van der Waals surface area contributed by atoms with Crippen LogP contribution in [0, 0.1) is 10.1 Å². The molecular formula is C17H20N4O7. The Hall–Kier alpha value is -2.86. The lowest BCUT2D eigenvalue weighted by molar-refractivity contribution is -0.385. The number of nitrogens with one attached hydrogen (secondary N) is 1. The zero-order chi connectivity index (χ0) is 20.4. The number of hydrogen-bond donors (Lipinski definition) is 4. The van der Waals surface area contributed by atoms with Crippen LogP contribution in [0.4, 0.5) is 11.5 Å². The molecule has 0 radical (unpaired) electrons. The fraction of sp³-hybridized carbons (Fsp3) is 0.412. The van der Waals surface area contributed by atoms with Gasteiger partial charge in [-0.2, -0.15) is 4.98 Å². The van der Waals surface area contributed by atoms with Gasteiger partial charge in [0.2, 0.25) is 0 Å². The zero-order valence-corrected chi connectivity index (χ0v) is 14.9. The average Bonchev–Trinajstić information content (AvgIpc) is 2.96. The summed E-state index contributed by atoms with van der Waals surface area (Å²) in [6.07, 6.45) is -3.61. The maximum atomic E-state index is 12.3. The third-order valence-corrected chi connectivity index (χ3v) is 4.59. The quantitative estimate of drug-likeness (QED) is 0.390. The van der Waals surface area contributed by atoms with E-state index in [1.54, 1.807) is 25.1 Å². The summed E-state index contributed by atoms with van der Waals surface area (Å²) in [5.74, 6) is 0.179. The molecule has 4 N–H and O–H groups in total. The largest absolute Gasteiger partial charge is 0.394 e. The van der Waals surface area contributed by atoms with Crippen molar-refractivity contribution in [3.05, 3.63) is 62.7 Å². The molecule has 1 aromatic heterocycles. The van der Waals surface area contributed by atoms with Crippen molar-refractivity contribution in [3.8, 4) is 0 Å². The number of benzene rings is 1. The van der Waals surface area contributed by atoms with Crippen LogP contribution in [0.5, 0.6) is 0 Å². The molecule has 2 aromatic rings. The van der Waals surface area contributed by atoms with Gasteiger partial charge < -0.3 is 25.4 Å². The maximum absolute atomic E-state index is 12.3. The molecule has 1 aliphatic rings. The minimum atomic E-state index is -1.40. The standard InChI is InChI=1S/C17H20N4O7/c1-9(10-4-2-3-5-11(10)21(26)27)18-13-6-7-20(17(25)19-13)16-15(24)14(23)12(8-22)28-16/h2-7,9,12,14-16,22-24H,8H2,1H3,(H,18,19,25)/t9-,12+,14+,15+,16+/m0/s1. The van der Waals surface area contributed by atoms with E-state index in [0.29, 0.717) is 5.56 Å².